The minimum atomic E-state index is -1.81. The Morgan fingerprint density at radius 1 is 1.12 bits per heavy atom. The molecule has 0 saturated carbocycles. The van der Waals surface area contributed by atoms with Crippen LogP contribution in [0.25, 0.3) is 11.0 Å². The van der Waals surface area contributed by atoms with Gasteiger partial charge in [0, 0.05) is 23.9 Å². The van der Waals surface area contributed by atoms with Crippen LogP contribution in [0.4, 0.5) is 0 Å². The molecule has 2 aromatic rings. The van der Waals surface area contributed by atoms with Crippen LogP contribution in [-0.4, -0.2) is 105 Å². The van der Waals surface area contributed by atoms with Crippen LogP contribution in [0.15, 0.2) is 33.5 Å². The number of ether oxygens (including phenoxy) is 3. The molecule has 1 aliphatic heterocycles. The molecule has 0 bridgehead atoms. The Morgan fingerprint density at radius 3 is 2.53 bits per heavy atom. The van der Waals surface area contributed by atoms with E-state index in [4.69, 9.17) is 18.6 Å². The first-order valence-corrected chi connectivity index (χ1v) is 10.7. The van der Waals surface area contributed by atoms with E-state index < -0.39 is 74.5 Å². The highest BCUT2D eigenvalue weighted by atomic mass is 16.7. The third kappa shape index (κ3) is 6.10. The lowest BCUT2D eigenvalue weighted by molar-refractivity contribution is -0.306. The summed E-state index contributed by atoms with van der Waals surface area (Å²) in [5.74, 6) is 0.229. The third-order valence-corrected chi connectivity index (χ3v) is 5.64. The van der Waals surface area contributed by atoms with E-state index >= 15 is 0 Å². The number of hydrogen-bond acceptors (Lipinski definition) is 12. The molecular weight excluding hydrogens is 456 g/mol. The van der Waals surface area contributed by atoms with Crippen LogP contribution in [0.3, 0.4) is 0 Å². The second-order valence-corrected chi connectivity index (χ2v) is 8.23. The van der Waals surface area contributed by atoms with Crippen LogP contribution < -0.4 is 10.4 Å². The topological polar surface area (TPSA) is 200 Å². The molecule has 8 unspecified atom stereocenters. The van der Waals surface area contributed by atoms with E-state index in [9.17, 15) is 40.5 Å². The second-order valence-electron chi connectivity index (χ2n) is 8.23. The molecule has 1 aromatic carbocycles. The highest BCUT2D eigenvalue weighted by molar-refractivity contribution is 5.81. The summed E-state index contributed by atoms with van der Waals surface area (Å²) >= 11 is 0. The van der Waals surface area contributed by atoms with E-state index in [1.54, 1.807) is 19.1 Å². The van der Waals surface area contributed by atoms with Crippen molar-refractivity contribution in [2.75, 3.05) is 19.8 Å². The maximum absolute atomic E-state index is 11.6. The van der Waals surface area contributed by atoms with Gasteiger partial charge in [-0.15, -0.1) is 0 Å². The van der Waals surface area contributed by atoms with Crippen LogP contribution in [0.5, 0.6) is 5.75 Å². The van der Waals surface area contributed by atoms with Crippen LogP contribution >= 0.6 is 0 Å². The molecule has 1 saturated heterocycles. The summed E-state index contributed by atoms with van der Waals surface area (Å²) in [5, 5.41) is 70.5. The molecule has 0 radical (unpaired) electrons. The fraction of sp³-hybridized carbons (Fsp3) is 0.591. The van der Waals surface area contributed by atoms with E-state index in [1.807, 2.05) is 0 Å². The quantitative estimate of drug-likeness (QED) is 0.179. The Kier molecular flexibility index (Phi) is 8.98. The molecule has 1 fully saturated rings. The lowest BCUT2D eigenvalue weighted by Gasteiger charge is -2.40. The molecule has 190 valence electrons. The van der Waals surface area contributed by atoms with Crippen LogP contribution in [0.1, 0.15) is 12.0 Å². The van der Waals surface area contributed by atoms with Gasteiger partial charge in [-0.05, 0) is 24.6 Å². The Balaban J connectivity index is 1.68. The summed E-state index contributed by atoms with van der Waals surface area (Å²) in [6, 6.07) is 6.04. The van der Waals surface area contributed by atoms with Gasteiger partial charge in [0.15, 0.2) is 6.29 Å². The van der Waals surface area contributed by atoms with E-state index in [-0.39, 0.29) is 17.8 Å². The SMILES string of the molecule is Cc1cc(=O)oc2cc(OCC(O)C(O)C(OC3OC(CO)CC(O)C3O)C(O)CO)ccc12. The fourth-order valence-corrected chi connectivity index (χ4v) is 3.70. The van der Waals surface area contributed by atoms with Gasteiger partial charge in [-0.25, -0.2) is 4.79 Å². The zero-order chi connectivity index (χ0) is 25.0. The van der Waals surface area contributed by atoms with Crippen molar-refractivity contribution in [2.24, 2.45) is 0 Å². The van der Waals surface area contributed by atoms with E-state index in [1.165, 1.54) is 12.1 Å². The van der Waals surface area contributed by atoms with Crippen molar-refractivity contribution in [3.8, 4) is 5.75 Å². The summed E-state index contributed by atoms with van der Waals surface area (Å²) in [7, 11) is 0. The standard InChI is InChI=1S/C22H30O12/c1-10-4-18(28)33-17-6-11(2-3-13(10)17)31-9-16(27)19(29)21(15(26)8-24)34-22-20(30)14(25)5-12(7-23)32-22/h2-4,6,12,14-16,19-27,29-30H,5,7-9H2,1H3. The minimum Gasteiger partial charge on any atom is -0.491 e. The van der Waals surface area contributed by atoms with Crippen LogP contribution in [0.2, 0.25) is 0 Å². The summed E-state index contributed by atoms with van der Waals surface area (Å²) in [5.41, 5.74) is 0.457. The molecular formula is C22H30O12. The fourth-order valence-electron chi connectivity index (χ4n) is 3.70. The summed E-state index contributed by atoms with van der Waals surface area (Å²) in [4.78, 5) is 11.6. The van der Waals surface area contributed by atoms with Gasteiger partial charge in [-0.3, -0.25) is 0 Å². The van der Waals surface area contributed by atoms with Crippen molar-refractivity contribution >= 4 is 11.0 Å². The molecule has 12 heteroatoms. The largest absolute Gasteiger partial charge is 0.491 e. The molecule has 1 aromatic heterocycles. The lowest BCUT2D eigenvalue weighted by Crippen LogP contribution is -2.56. The highest BCUT2D eigenvalue weighted by Crippen LogP contribution is 2.25. The van der Waals surface area contributed by atoms with Gasteiger partial charge in [0.05, 0.1) is 25.4 Å². The van der Waals surface area contributed by atoms with Crippen molar-refractivity contribution in [3.63, 3.8) is 0 Å². The van der Waals surface area contributed by atoms with Gasteiger partial charge in [0.1, 0.15) is 48.5 Å². The molecule has 0 amide bonds. The Labute approximate surface area is 194 Å². The van der Waals surface area contributed by atoms with Crippen molar-refractivity contribution in [2.45, 2.75) is 62.4 Å². The highest BCUT2D eigenvalue weighted by Gasteiger charge is 2.42. The number of aliphatic hydroxyl groups is 7. The first kappa shape index (κ1) is 26.5. The predicted octanol–water partition coefficient (Wildman–Crippen LogP) is -2.23. The molecule has 0 spiro atoms. The molecule has 1 aliphatic rings. The summed E-state index contributed by atoms with van der Waals surface area (Å²) in [6.45, 7) is -0.0492. The third-order valence-electron chi connectivity index (χ3n) is 5.64. The molecule has 7 N–H and O–H groups in total. The smallest absolute Gasteiger partial charge is 0.336 e. The maximum Gasteiger partial charge on any atom is 0.336 e. The van der Waals surface area contributed by atoms with Crippen molar-refractivity contribution in [1.82, 2.24) is 0 Å². The normalized spacial score (nSPS) is 26.7. The molecule has 3 rings (SSSR count). The zero-order valence-corrected chi connectivity index (χ0v) is 18.4. The monoisotopic (exact) mass is 486 g/mol. The Bertz CT molecular complexity index is 993. The molecule has 12 nitrogen and oxygen atoms in total. The number of aliphatic hydroxyl groups excluding tert-OH is 7. The zero-order valence-electron chi connectivity index (χ0n) is 18.4. The Morgan fingerprint density at radius 2 is 1.85 bits per heavy atom. The van der Waals surface area contributed by atoms with Crippen LogP contribution in [-0.2, 0) is 9.47 Å². The van der Waals surface area contributed by atoms with Gasteiger partial charge in [-0.1, -0.05) is 0 Å². The number of aryl methyl sites for hydroxylation is 1. The number of rotatable bonds is 10. The van der Waals surface area contributed by atoms with Gasteiger partial charge in [0.25, 0.3) is 0 Å². The van der Waals surface area contributed by atoms with Gasteiger partial charge >= 0.3 is 5.63 Å². The van der Waals surface area contributed by atoms with E-state index in [2.05, 4.69) is 0 Å². The average Bonchev–Trinajstić information content (AvgIpc) is 2.81. The molecule has 2 heterocycles. The van der Waals surface area contributed by atoms with Gasteiger partial charge in [0.2, 0.25) is 0 Å². The van der Waals surface area contributed by atoms with E-state index in [0.717, 1.165) is 0 Å². The summed E-state index contributed by atoms with van der Waals surface area (Å²) in [6.07, 6.45) is -12.1. The number of fused-ring (bicyclic) bond motifs is 1. The maximum atomic E-state index is 11.6. The first-order valence-electron chi connectivity index (χ1n) is 10.7. The van der Waals surface area contributed by atoms with Gasteiger partial charge in [-0.2, -0.15) is 0 Å². The number of benzene rings is 1. The molecule has 0 aliphatic carbocycles. The predicted molar refractivity (Wildman–Crippen MR) is 115 cm³/mol. The first-order chi connectivity index (χ1) is 16.1. The van der Waals surface area contributed by atoms with Crippen LogP contribution in [0, 0.1) is 6.92 Å². The molecule has 34 heavy (non-hydrogen) atoms. The molecule has 8 atom stereocenters. The summed E-state index contributed by atoms with van der Waals surface area (Å²) < 4.78 is 21.4. The second kappa shape index (κ2) is 11.5. The van der Waals surface area contributed by atoms with Crippen molar-refractivity contribution in [1.29, 1.82) is 0 Å². The number of hydrogen-bond donors (Lipinski definition) is 7. The minimum absolute atomic E-state index is 0.0603. The lowest BCUT2D eigenvalue weighted by atomic mass is 10.0. The average molecular weight is 486 g/mol. The Hall–Kier alpha value is -2.13. The van der Waals surface area contributed by atoms with Crippen molar-refractivity contribution in [3.05, 3.63) is 40.2 Å². The van der Waals surface area contributed by atoms with E-state index in [0.29, 0.717) is 10.9 Å². The van der Waals surface area contributed by atoms with Gasteiger partial charge < -0.3 is 54.4 Å². The van der Waals surface area contributed by atoms with Crippen molar-refractivity contribution < 1.29 is 54.4 Å².